The Morgan fingerprint density at radius 1 is 1.30 bits per heavy atom. The van der Waals surface area contributed by atoms with Crippen LogP contribution in [-0.2, 0) is 0 Å². The third kappa shape index (κ3) is 2.96. The SMILES string of the molecule is CC(C)c1nc2[nH]c(=O)cc(NC(=O)c3ccc(F)cc3)n2n1. The summed E-state index contributed by atoms with van der Waals surface area (Å²) in [5.41, 5.74) is -0.140. The number of carbonyl (C=O) groups is 1. The monoisotopic (exact) mass is 315 g/mol. The minimum atomic E-state index is -0.474. The van der Waals surface area contributed by atoms with E-state index in [-0.39, 0.29) is 23.1 Å². The number of hydrogen-bond acceptors (Lipinski definition) is 4. The Morgan fingerprint density at radius 2 is 2.00 bits per heavy atom. The van der Waals surface area contributed by atoms with Crippen LogP contribution < -0.4 is 10.9 Å². The number of aromatic amines is 1. The molecule has 0 aliphatic rings. The molecule has 0 aliphatic heterocycles. The number of hydrogen-bond donors (Lipinski definition) is 2. The fraction of sp³-hybridized carbons (Fsp3) is 0.200. The fourth-order valence-electron chi connectivity index (χ4n) is 2.03. The van der Waals surface area contributed by atoms with Crippen LogP contribution in [0.2, 0.25) is 0 Å². The van der Waals surface area contributed by atoms with Crippen molar-refractivity contribution in [1.82, 2.24) is 19.6 Å². The molecule has 0 saturated heterocycles. The highest BCUT2D eigenvalue weighted by Crippen LogP contribution is 2.13. The molecule has 23 heavy (non-hydrogen) atoms. The van der Waals surface area contributed by atoms with E-state index in [1.165, 1.54) is 34.8 Å². The molecule has 7 nitrogen and oxygen atoms in total. The molecular formula is C15H14FN5O2. The van der Waals surface area contributed by atoms with Crippen LogP contribution in [0.3, 0.4) is 0 Å². The lowest BCUT2D eigenvalue weighted by Crippen LogP contribution is -2.18. The first-order valence-corrected chi connectivity index (χ1v) is 7.01. The van der Waals surface area contributed by atoms with Gasteiger partial charge in [0.05, 0.1) is 0 Å². The molecule has 0 radical (unpaired) electrons. The molecule has 2 heterocycles. The maximum absolute atomic E-state index is 12.9. The van der Waals surface area contributed by atoms with Gasteiger partial charge in [0.15, 0.2) is 5.82 Å². The Kier molecular flexibility index (Phi) is 3.65. The lowest BCUT2D eigenvalue weighted by molar-refractivity contribution is 0.102. The van der Waals surface area contributed by atoms with Gasteiger partial charge in [-0.25, -0.2) is 4.39 Å². The average Bonchev–Trinajstić information content (AvgIpc) is 2.92. The maximum Gasteiger partial charge on any atom is 0.256 e. The highest BCUT2D eigenvalue weighted by Gasteiger charge is 2.14. The number of rotatable bonds is 3. The normalized spacial score (nSPS) is 11.1. The summed E-state index contributed by atoms with van der Waals surface area (Å²) in [5.74, 6) is 0.146. The lowest BCUT2D eigenvalue weighted by atomic mass is 10.2. The molecule has 0 bridgehead atoms. The topological polar surface area (TPSA) is 92.1 Å². The third-order valence-electron chi connectivity index (χ3n) is 3.22. The molecule has 1 amide bonds. The van der Waals surface area contributed by atoms with E-state index in [1.807, 2.05) is 13.8 Å². The van der Waals surface area contributed by atoms with Crippen LogP contribution in [0, 0.1) is 5.82 Å². The Morgan fingerprint density at radius 3 is 2.65 bits per heavy atom. The number of H-pyrrole nitrogens is 1. The van der Waals surface area contributed by atoms with Gasteiger partial charge in [-0.05, 0) is 24.3 Å². The number of amides is 1. The number of nitrogens with one attached hydrogen (secondary N) is 2. The van der Waals surface area contributed by atoms with Gasteiger partial charge in [-0.3, -0.25) is 14.6 Å². The van der Waals surface area contributed by atoms with Crippen LogP contribution in [0.15, 0.2) is 35.1 Å². The van der Waals surface area contributed by atoms with Crippen molar-refractivity contribution in [2.45, 2.75) is 19.8 Å². The van der Waals surface area contributed by atoms with Crippen LogP contribution in [0.25, 0.3) is 5.78 Å². The summed E-state index contributed by atoms with van der Waals surface area (Å²) in [4.78, 5) is 30.7. The molecule has 2 N–H and O–H groups in total. The number of benzene rings is 1. The number of anilines is 1. The summed E-state index contributed by atoms with van der Waals surface area (Å²) in [6.45, 7) is 3.84. The van der Waals surface area contributed by atoms with Crippen molar-refractivity contribution in [3.05, 3.63) is 57.9 Å². The van der Waals surface area contributed by atoms with Crippen LogP contribution >= 0.6 is 0 Å². The van der Waals surface area contributed by atoms with Crippen molar-refractivity contribution in [2.24, 2.45) is 0 Å². The summed E-state index contributed by atoms with van der Waals surface area (Å²) in [6, 6.07) is 6.31. The molecule has 0 atom stereocenters. The predicted molar refractivity (Wildman–Crippen MR) is 82.0 cm³/mol. The van der Waals surface area contributed by atoms with Crippen LogP contribution in [0.5, 0.6) is 0 Å². The van der Waals surface area contributed by atoms with Gasteiger partial charge in [0.1, 0.15) is 11.6 Å². The molecule has 2 aromatic heterocycles. The van der Waals surface area contributed by atoms with Gasteiger partial charge in [0.25, 0.3) is 11.5 Å². The Hall–Kier alpha value is -3.03. The molecule has 118 valence electrons. The zero-order valence-corrected chi connectivity index (χ0v) is 12.5. The number of carbonyl (C=O) groups excluding carboxylic acids is 1. The number of halogens is 1. The van der Waals surface area contributed by atoms with E-state index in [9.17, 15) is 14.0 Å². The van der Waals surface area contributed by atoms with E-state index in [1.54, 1.807) is 0 Å². The minimum absolute atomic E-state index is 0.0686. The van der Waals surface area contributed by atoms with Crippen LogP contribution in [0.1, 0.15) is 35.9 Å². The molecule has 0 unspecified atom stereocenters. The first-order valence-electron chi connectivity index (χ1n) is 7.01. The molecule has 0 fully saturated rings. The van der Waals surface area contributed by atoms with Crippen molar-refractivity contribution in [3.63, 3.8) is 0 Å². The Balaban J connectivity index is 2.00. The van der Waals surface area contributed by atoms with Crippen LogP contribution in [-0.4, -0.2) is 25.5 Å². The summed E-state index contributed by atoms with van der Waals surface area (Å²) in [7, 11) is 0. The highest BCUT2D eigenvalue weighted by atomic mass is 19.1. The van der Waals surface area contributed by atoms with Crippen molar-refractivity contribution in [1.29, 1.82) is 0 Å². The highest BCUT2D eigenvalue weighted by molar-refractivity contribution is 6.03. The quantitative estimate of drug-likeness (QED) is 0.772. The zero-order chi connectivity index (χ0) is 16.6. The van der Waals surface area contributed by atoms with Crippen molar-refractivity contribution >= 4 is 17.5 Å². The number of nitrogens with zero attached hydrogens (tertiary/aromatic N) is 3. The summed E-state index contributed by atoms with van der Waals surface area (Å²) in [5, 5.41) is 6.87. The maximum atomic E-state index is 12.9. The third-order valence-corrected chi connectivity index (χ3v) is 3.22. The van der Waals surface area contributed by atoms with E-state index in [0.717, 1.165) is 0 Å². The smallest absolute Gasteiger partial charge is 0.256 e. The first kappa shape index (κ1) is 14.9. The van der Waals surface area contributed by atoms with Gasteiger partial charge >= 0.3 is 0 Å². The summed E-state index contributed by atoms with van der Waals surface area (Å²) >= 11 is 0. The number of fused-ring (bicyclic) bond motifs is 1. The Labute approximate surface area is 130 Å². The number of aromatic nitrogens is 4. The van der Waals surface area contributed by atoms with Crippen molar-refractivity contribution < 1.29 is 9.18 Å². The molecule has 1 aromatic carbocycles. The van der Waals surface area contributed by atoms with Gasteiger partial charge in [0.2, 0.25) is 5.78 Å². The zero-order valence-electron chi connectivity index (χ0n) is 12.5. The van der Waals surface area contributed by atoms with Gasteiger partial charge in [0, 0.05) is 17.5 Å². The Bertz CT molecular complexity index is 927. The van der Waals surface area contributed by atoms with Gasteiger partial charge in [-0.1, -0.05) is 13.8 Å². The van der Waals surface area contributed by atoms with Crippen molar-refractivity contribution in [3.8, 4) is 0 Å². The molecule has 3 aromatic rings. The van der Waals surface area contributed by atoms with Crippen molar-refractivity contribution in [2.75, 3.05) is 5.32 Å². The molecular weight excluding hydrogens is 301 g/mol. The van der Waals surface area contributed by atoms with E-state index < -0.39 is 17.3 Å². The fourth-order valence-corrected chi connectivity index (χ4v) is 2.03. The van der Waals surface area contributed by atoms with E-state index >= 15 is 0 Å². The standard InChI is InChI=1S/C15H14FN5O2/c1-8(2)13-19-15-18-12(22)7-11(21(15)20-13)17-14(23)9-3-5-10(16)6-4-9/h3-8H,1-2H3,(H,17,23)(H,18,19,20,22). The van der Waals surface area contributed by atoms with Gasteiger partial charge in [-0.2, -0.15) is 9.50 Å². The molecule has 0 spiro atoms. The second kappa shape index (κ2) is 5.64. The van der Waals surface area contributed by atoms with Crippen LogP contribution in [0.4, 0.5) is 10.2 Å². The van der Waals surface area contributed by atoms with E-state index in [0.29, 0.717) is 5.82 Å². The van der Waals surface area contributed by atoms with Gasteiger partial charge in [-0.15, -0.1) is 5.10 Å². The predicted octanol–water partition coefficient (Wildman–Crippen LogP) is 1.93. The van der Waals surface area contributed by atoms with E-state index in [2.05, 4.69) is 20.4 Å². The second-order valence-corrected chi connectivity index (χ2v) is 5.34. The lowest BCUT2D eigenvalue weighted by Gasteiger charge is -2.06. The second-order valence-electron chi connectivity index (χ2n) is 5.34. The van der Waals surface area contributed by atoms with Gasteiger partial charge < -0.3 is 5.32 Å². The minimum Gasteiger partial charge on any atom is -0.306 e. The molecule has 0 aliphatic carbocycles. The average molecular weight is 315 g/mol. The summed E-state index contributed by atoms with van der Waals surface area (Å²) < 4.78 is 14.3. The van der Waals surface area contributed by atoms with E-state index in [4.69, 9.17) is 0 Å². The summed E-state index contributed by atoms with van der Waals surface area (Å²) in [6.07, 6.45) is 0. The molecule has 3 rings (SSSR count). The largest absolute Gasteiger partial charge is 0.306 e. The molecule has 8 heteroatoms. The first-order chi connectivity index (χ1) is 10.9. The molecule has 0 saturated carbocycles.